The van der Waals surface area contributed by atoms with Crippen LogP contribution in [-0.4, -0.2) is 30.7 Å². The molecule has 2 heterocycles. The summed E-state index contributed by atoms with van der Waals surface area (Å²) in [5.74, 6) is 1.55. The van der Waals surface area contributed by atoms with E-state index in [9.17, 15) is 4.79 Å². The highest BCUT2D eigenvalue weighted by Gasteiger charge is 2.13. The van der Waals surface area contributed by atoms with Crippen molar-refractivity contribution in [2.75, 3.05) is 21.3 Å². The summed E-state index contributed by atoms with van der Waals surface area (Å²) in [6.07, 6.45) is 1.73. The Kier molecular flexibility index (Phi) is 5.58. The molecule has 0 aliphatic carbocycles. The van der Waals surface area contributed by atoms with E-state index in [1.807, 2.05) is 30.3 Å². The molecular weight excluding hydrogens is 398 g/mol. The summed E-state index contributed by atoms with van der Waals surface area (Å²) in [6.45, 7) is 1.38. The normalized spacial score (nSPS) is 12.2. The lowest BCUT2D eigenvalue weighted by Gasteiger charge is -2.16. The Balaban J connectivity index is 1.80. The minimum absolute atomic E-state index is 0.0823. The van der Waals surface area contributed by atoms with E-state index < -0.39 is 0 Å². The molecule has 1 N–H and O–H groups in total. The molecule has 26 heavy (non-hydrogen) atoms. The molecule has 3 aromatic rings. The van der Waals surface area contributed by atoms with Crippen molar-refractivity contribution in [3.8, 4) is 11.5 Å². The van der Waals surface area contributed by atoms with Crippen LogP contribution < -0.4 is 19.9 Å². The van der Waals surface area contributed by atoms with Crippen LogP contribution in [-0.2, 0) is 13.1 Å². The number of hydrogen-bond acceptors (Lipinski definition) is 4. The fraction of sp³-hybridized carbons (Fsp3) is 0.263. The van der Waals surface area contributed by atoms with E-state index in [0.717, 1.165) is 33.8 Å². The summed E-state index contributed by atoms with van der Waals surface area (Å²) >= 11 is 3.37. The molecule has 0 spiro atoms. The molecule has 0 radical (unpaired) electrons. The summed E-state index contributed by atoms with van der Waals surface area (Å²) in [5.41, 5.74) is 2.40. The van der Waals surface area contributed by atoms with Gasteiger partial charge in [0, 0.05) is 28.4 Å². The van der Waals surface area contributed by atoms with Gasteiger partial charge in [0.1, 0.15) is 35.9 Å². The third kappa shape index (κ3) is 4.05. The van der Waals surface area contributed by atoms with Gasteiger partial charge in [0.05, 0.1) is 21.3 Å². The molecule has 6 nitrogen and oxygen atoms in total. The molecule has 0 aliphatic rings. The Morgan fingerprint density at radius 1 is 1.12 bits per heavy atom. The van der Waals surface area contributed by atoms with Crippen molar-refractivity contribution in [1.29, 1.82) is 0 Å². The number of fused-ring (bicyclic) bond motifs is 1. The zero-order valence-electron chi connectivity index (χ0n) is 15.0. The van der Waals surface area contributed by atoms with Crippen molar-refractivity contribution < 1.29 is 14.4 Å². The molecular formula is C19H21BrN3O3+. The highest BCUT2D eigenvalue weighted by molar-refractivity contribution is 9.10. The first-order valence-electron chi connectivity index (χ1n) is 8.20. The summed E-state index contributed by atoms with van der Waals surface area (Å²) in [4.78, 5) is 18.1. The maximum absolute atomic E-state index is 12.3. The van der Waals surface area contributed by atoms with E-state index in [4.69, 9.17) is 9.47 Å². The van der Waals surface area contributed by atoms with Gasteiger partial charge in [-0.2, -0.15) is 0 Å². The van der Waals surface area contributed by atoms with Crippen LogP contribution in [0.5, 0.6) is 11.5 Å². The maximum atomic E-state index is 12.3. The fourth-order valence-corrected chi connectivity index (χ4v) is 3.25. The average Bonchev–Trinajstić information content (AvgIpc) is 2.62. The van der Waals surface area contributed by atoms with Gasteiger partial charge in [-0.15, -0.1) is 0 Å². The number of quaternary nitrogens is 1. The largest absolute Gasteiger partial charge is 0.497 e. The zero-order chi connectivity index (χ0) is 18.7. The second-order valence-corrected chi connectivity index (χ2v) is 7.07. The van der Waals surface area contributed by atoms with Crippen LogP contribution in [0.4, 0.5) is 0 Å². The van der Waals surface area contributed by atoms with Crippen LogP contribution >= 0.6 is 15.9 Å². The first-order chi connectivity index (χ1) is 12.5. The lowest BCUT2D eigenvalue weighted by atomic mass is 10.1. The molecule has 0 aliphatic heterocycles. The first-order valence-corrected chi connectivity index (χ1v) is 8.99. The van der Waals surface area contributed by atoms with Gasteiger partial charge in [0.15, 0.2) is 0 Å². The van der Waals surface area contributed by atoms with Gasteiger partial charge in [-0.1, -0.05) is 0 Å². The lowest BCUT2D eigenvalue weighted by molar-refractivity contribution is -0.908. The van der Waals surface area contributed by atoms with E-state index in [-0.39, 0.29) is 5.56 Å². The third-order valence-electron chi connectivity index (χ3n) is 4.15. The molecule has 3 rings (SSSR count). The van der Waals surface area contributed by atoms with Gasteiger partial charge >= 0.3 is 0 Å². The number of halogens is 1. The molecule has 7 heteroatoms. The molecule has 0 amide bonds. The van der Waals surface area contributed by atoms with E-state index >= 15 is 0 Å². The number of ether oxygens (including phenoxy) is 2. The van der Waals surface area contributed by atoms with Crippen molar-refractivity contribution in [2.24, 2.45) is 0 Å². The second-order valence-electron chi connectivity index (χ2n) is 6.15. The fourth-order valence-electron chi connectivity index (χ4n) is 2.91. The topological polar surface area (TPSA) is 57.3 Å². The van der Waals surface area contributed by atoms with Gasteiger partial charge in [-0.05, 0) is 40.2 Å². The van der Waals surface area contributed by atoms with Crippen molar-refractivity contribution in [3.63, 3.8) is 0 Å². The zero-order valence-corrected chi connectivity index (χ0v) is 16.5. The number of nitrogens with zero attached hydrogens (tertiary/aromatic N) is 2. The molecule has 0 bridgehead atoms. The molecule has 0 saturated carbocycles. The van der Waals surface area contributed by atoms with Crippen molar-refractivity contribution >= 4 is 21.6 Å². The standard InChI is InChI=1S/C19H20BrN3O3/c1-22(10-13-4-6-16(25-2)9-17(13)26-3)12-15-8-19(24)23-11-14(20)5-7-18(23)21-15/h4-9,11H,10,12H2,1-3H3/p+1. The first kappa shape index (κ1) is 18.4. The SMILES string of the molecule is COc1ccc(C[NH+](C)Cc2cc(=O)n3cc(Br)ccc3n2)c(OC)c1. The summed E-state index contributed by atoms with van der Waals surface area (Å²) in [6, 6.07) is 11.1. The molecule has 1 unspecified atom stereocenters. The predicted octanol–water partition coefficient (Wildman–Crippen LogP) is 1.69. The number of rotatable bonds is 6. The number of methoxy groups -OCH3 is 2. The monoisotopic (exact) mass is 418 g/mol. The molecule has 0 fully saturated rings. The Hall–Kier alpha value is -2.38. The van der Waals surface area contributed by atoms with E-state index in [1.54, 1.807) is 26.5 Å². The van der Waals surface area contributed by atoms with E-state index in [1.165, 1.54) is 9.30 Å². The van der Waals surface area contributed by atoms with Gasteiger partial charge in [0.2, 0.25) is 0 Å². The number of aromatic nitrogens is 2. The number of benzene rings is 1. The second kappa shape index (κ2) is 7.88. The van der Waals surface area contributed by atoms with Crippen molar-refractivity contribution in [3.05, 3.63) is 68.7 Å². The Morgan fingerprint density at radius 2 is 1.92 bits per heavy atom. The van der Waals surface area contributed by atoms with Crippen LogP contribution in [0.2, 0.25) is 0 Å². The van der Waals surface area contributed by atoms with Crippen LogP contribution in [0.15, 0.2) is 51.9 Å². The minimum Gasteiger partial charge on any atom is -0.497 e. The molecule has 0 saturated heterocycles. The van der Waals surface area contributed by atoms with E-state index in [0.29, 0.717) is 12.2 Å². The maximum Gasteiger partial charge on any atom is 0.258 e. The van der Waals surface area contributed by atoms with E-state index in [2.05, 4.69) is 28.0 Å². The molecule has 1 atom stereocenters. The van der Waals surface area contributed by atoms with Gasteiger partial charge in [-0.3, -0.25) is 9.20 Å². The summed E-state index contributed by atoms with van der Waals surface area (Å²) in [5, 5.41) is 0. The highest BCUT2D eigenvalue weighted by Crippen LogP contribution is 2.23. The molecule has 1 aromatic carbocycles. The predicted molar refractivity (Wildman–Crippen MR) is 103 cm³/mol. The van der Waals surface area contributed by atoms with Gasteiger partial charge in [0.25, 0.3) is 5.56 Å². The summed E-state index contributed by atoms with van der Waals surface area (Å²) < 4.78 is 13.1. The van der Waals surface area contributed by atoms with Crippen LogP contribution in [0.25, 0.3) is 5.65 Å². The Morgan fingerprint density at radius 3 is 2.65 bits per heavy atom. The van der Waals surface area contributed by atoms with Crippen molar-refractivity contribution in [1.82, 2.24) is 9.38 Å². The third-order valence-corrected chi connectivity index (χ3v) is 4.62. The van der Waals surface area contributed by atoms with Gasteiger partial charge < -0.3 is 14.4 Å². The lowest BCUT2D eigenvalue weighted by Crippen LogP contribution is -3.06. The number of nitrogens with one attached hydrogen (secondary N) is 1. The van der Waals surface area contributed by atoms with Crippen LogP contribution in [0.3, 0.4) is 0 Å². The van der Waals surface area contributed by atoms with Crippen LogP contribution in [0, 0.1) is 0 Å². The Labute approximate surface area is 160 Å². The smallest absolute Gasteiger partial charge is 0.258 e. The number of hydrogen-bond donors (Lipinski definition) is 1. The van der Waals surface area contributed by atoms with Crippen molar-refractivity contribution in [2.45, 2.75) is 13.1 Å². The Bertz CT molecular complexity index is 987. The van der Waals surface area contributed by atoms with Gasteiger partial charge in [-0.25, -0.2) is 4.98 Å². The quantitative estimate of drug-likeness (QED) is 0.661. The number of pyridine rings is 1. The average molecular weight is 419 g/mol. The minimum atomic E-state index is -0.0823. The van der Waals surface area contributed by atoms with Crippen LogP contribution in [0.1, 0.15) is 11.3 Å². The molecule has 136 valence electrons. The molecule has 2 aromatic heterocycles. The summed E-state index contributed by atoms with van der Waals surface area (Å²) in [7, 11) is 5.35. The highest BCUT2D eigenvalue weighted by atomic mass is 79.9.